The number of carbonyl (C=O) groups is 2. The molecule has 4 heterocycles. The van der Waals surface area contributed by atoms with E-state index in [0.717, 1.165) is 36.3 Å². The Bertz CT molecular complexity index is 1560. The third-order valence-electron chi connectivity index (χ3n) is 7.35. The van der Waals surface area contributed by atoms with Gasteiger partial charge in [0, 0.05) is 37.6 Å². The van der Waals surface area contributed by atoms with Crippen molar-refractivity contribution in [1.29, 1.82) is 0 Å². The van der Waals surface area contributed by atoms with Crippen molar-refractivity contribution in [3.05, 3.63) is 36.2 Å². The summed E-state index contributed by atoms with van der Waals surface area (Å²) in [6.45, 7) is 4.80. The Hall–Kier alpha value is -3.70. The van der Waals surface area contributed by atoms with Crippen molar-refractivity contribution < 1.29 is 41.0 Å². The van der Waals surface area contributed by atoms with Gasteiger partial charge in [0.1, 0.15) is 28.7 Å². The summed E-state index contributed by atoms with van der Waals surface area (Å²) in [6, 6.07) is 1.55. The molecule has 0 radical (unpaired) electrons. The number of anilines is 3. The number of nitrogen functional groups attached to an aromatic ring is 1. The summed E-state index contributed by atoms with van der Waals surface area (Å²) in [5.74, 6) is -2.11. The minimum absolute atomic E-state index is 0.0116. The summed E-state index contributed by atoms with van der Waals surface area (Å²) >= 11 is -1.43. The largest absolute Gasteiger partial charge is 0.573 e. The van der Waals surface area contributed by atoms with E-state index in [-0.39, 0.29) is 29.7 Å². The van der Waals surface area contributed by atoms with Gasteiger partial charge in [-0.2, -0.15) is 0 Å². The lowest BCUT2D eigenvalue weighted by atomic mass is 10.00. The number of thiazole rings is 1. The smallest absolute Gasteiger partial charge is 0.461 e. The minimum Gasteiger partial charge on any atom is -0.461 e. The summed E-state index contributed by atoms with van der Waals surface area (Å²) in [5.41, 5.74) is 5.86. The van der Waals surface area contributed by atoms with Crippen LogP contribution in [0.3, 0.4) is 0 Å². The van der Waals surface area contributed by atoms with E-state index in [1.807, 2.05) is 0 Å². The predicted molar refractivity (Wildman–Crippen MR) is 158 cm³/mol. The molecule has 238 valence electrons. The number of benzene rings is 1. The van der Waals surface area contributed by atoms with Gasteiger partial charge in [-0.15, -0.1) is 13.2 Å². The summed E-state index contributed by atoms with van der Waals surface area (Å²) in [7, 11) is 0. The van der Waals surface area contributed by atoms with Gasteiger partial charge in [-0.3, -0.25) is 9.35 Å². The number of esters is 1. The monoisotopic (exact) mass is 656 g/mol. The minimum atomic E-state index is -5.06. The predicted octanol–water partition coefficient (Wildman–Crippen LogP) is 3.88. The number of amides is 1. The number of nitrogens with two attached hydrogens (primary N) is 1. The molecule has 1 aromatic carbocycles. The Morgan fingerprint density at radius 2 is 1.98 bits per heavy atom. The molecule has 0 spiro atoms. The summed E-state index contributed by atoms with van der Waals surface area (Å²) in [4.78, 5) is 38.8. The molecule has 1 amide bonds. The second-order valence-corrected chi connectivity index (χ2v) is 12.5. The maximum Gasteiger partial charge on any atom is 0.573 e. The summed E-state index contributed by atoms with van der Waals surface area (Å²) in [5, 5.41) is 1.63. The van der Waals surface area contributed by atoms with Crippen molar-refractivity contribution >= 4 is 61.2 Å². The van der Waals surface area contributed by atoms with Crippen LogP contribution in [0.5, 0.6) is 5.75 Å². The standard InChI is InChI=1S/C27H31F3N6O6S2/c1-15(2)41-25(38)20(12-17-11-16-5-7-32-23(31)18(16)13-21(17)42-27(28,29)30)35-10-6-19(24(35)37)36(44(39)40)22-14-33-26(43-22)34-8-3-4-9-34/h5,7,11,13-15,19-20H,3-4,6,8-10,12H2,1-2H3,(H2,31,32)(H,39,40)/t19-,20+/m0/s1. The van der Waals surface area contributed by atoms with Crippen LogP contribution in [0.1, 0.15) is 38.7 Å². The second kappa shape index (κ2) is 12.7. The van der Waals surface area contributed by atoms with Gasteiger partial charge in [-0.25, -0.2) is 23.3 Å². The van der Waals surface area contributed by atoms with Gasteiger partial charge in [-0.05, 0) is 62.3 Å². The Kier molecular flexibility index (Phi) is 9.17. The lowest BCUT2D eigenvalue weighted by molar-refractivity contribution is -0.274. The average Bonchev–Trinajstić information content (AvgIpc) is 3.69. The van der Waals surface area contributed by atoms with Crippen molar-refractivity contribution in [3.63, 3.8) is 0 Å². The molecule has 2 aliphatic heterocycles. The van der Waals surface area contributed by atoms with Gasteiger partial charge in [-0.1, -0.05) is 11.3 Å². The van der Waals surface area contributed by atoms with E-state index < -0.39 is 59.9 Å². The number of ether oxygens (including phenoxy) is 2. The topological polar surface area (TPSA) is 151 Å². The third-order valence-corrected chi connectivity index (χ3v) is 9.31. The first kappa shape index (κ1) is 31.7. The van der Waals surface area contributed by atoms with Crippen molar-refractivity contribution in [3.8, 4) is 5.75 Å². The number of pyridine rings is 1. The lowest BCUT2D eigenvalue weighted by Crippen LogP contribution is -2.49. The SMILES string of the molecule is CC(C)OC(=O)[C@@H](Cc1cc2ccnc(N)c2cc1OC(F)(F)F)N1CC[C@H](N(c2cnc(N3CCCC3)s2)S(=O)O)C1=O. The molecule has 2 aromatic heterocycles. The van der Waals surface area contributed by atoms with E-state index in [0.29, 0.717) is 15.5 Å². The van der Waals surface area contributed by atoms with Gasteiger partial charge in [0.15, 0.2) is 5.13 Å². The zero-order valence-electron chi connectivity index (χ0n) is 23.8. The molecular weight excluding hydrogens is 625 g/mol. The Morgan fingerprint density at radius 3 is 2.64 bits per heavy atom. The van der Waals surface area contributed by atoms with Crippen molar-refractivity contribution in [2.24, 2.45) is 0 Å². The molecule has 3 N–H and O–H groups in total. The first-order valence-electron chi connectivity index (χ1n) is 13.9. The zero-order chi connectivity index (χ0) is 31.8. The third kappa shape index (κ3) is 6.83. The van der Waals surface area contributed by atoms with Gasteiger partial charge < -0.3 is 25.0 Å². The quantitative estimate of drug-likeness (QED) is 0.243. The fourth-order valence-corrected chi connectivity index (χ4v) is 7.30. The molecule has 3 aromatic rings. The van der Waals surface area contributed by atoms with Crippen LogP contribution < -0.4 is 19.7 Å². The number of carbonyl (C=O) groups excluding carboxylic acids is 2. The summed E-state index contributed by atoms with van der Waals surface area (Å²) < 4.78 is 73.9. The van der Waals surface area contributed by atoms with E-state index in [1.54, 1.807) is 19.9 Å². The first-order chi connectivity index (χ1) is 20.8. The Balaban J connectivity index is 1.48. The highest BCUT2D eigenvalue weighted by molar-refractivity contribution is 7.81. The van der Waals surface area contributed by atoms with Crippen LogP contribution in [-0.4, -0.2) is 79.7 Å². The summed E-state index contributed by atoms with van der Waals surface area (Å²) in [6.07, 6.45) is -1.14. The second-order valence-electron chi connectivity index (χ2n) is 10.7. The van der Waals surface area contributed by atoms with Crippen LogP contribution in [0.15, 0.2) is 30.6 Å². The number of hydrogen-bond acceptors (Lipinski definition) is 10. The first-order valence-corrected chi connectivity index (χ1v) is 15.7. The molecular formula is C27H31F3N6O6S2. The normalized spacial score (nSPS) is 18.7. The number of likely N-dealkylation sites (tertiary alicyclic amines) is 1. The van der Waals surface area contributed by atoms with E-state index in [9.17, 15) is 31.5 Å². The highest BCUT2D eigenvalue weighted by Crippen LogP contribution is 2.37. The highest BCUT2D eigenvalue weighted by atomic mass is 32.2. The number of fused-ring (bicyclic) bond motifs is 1. The Morgan fingerprint density at radius 1 is 1.25 bits per heavy atom. The molecule has 12 nitrogen and oxygen atoms in total. The molecule has 2 aliphatic rings. The van der Waals surface area contributed by atoms with Crippen LogP contribution in [0.25, 0.3) is 10.8 Å². The molecule has 17 heteroatoms. The molecule has 44 heavy (non-hydrogen) atoms. The van der Waals surface area contributed by atoms with Gasteiger partial charge in [0.05, 0.1) is 12.3 Å². The van der Waals surface area contributed by atoms with Gasteiger partial charge >= 0.3 is 12.3 Å². The van der Waals surface area contributed by atoms with E-state index in [1.165, 1.54) is 34.7 Å². The lowest BCUT2D eigenvalue weighted by Gasteiger charge is -2.29. The number of rotatable bonds is 10. The van der Waals surface area contributed by atoms with Crippen molar-refractivity contribution in [2.75, 3.05) is 34.6 Å². The van der Waals surface area contributed by atoms with Crippen molar-refractivity contribution in [1.82, 2.24) is 14.9 Å². The molecule has 2 fully saturated rings. The molecule has 1 unspecified atom stereocenters. The van der Waals surface area contributed by atoms with Crippen LogP contribution in [-0.2, 0) is 32.0 Å². The van der Waals surface area contributed by atoms with Crippen LogP contribution in [0.2, 0.25) is 0 Å². The van der Waals surface area contributed by atoms with E-state index in [2.05, 4.69) is 19.6 Å². The number of halogens is 3. The zero-order valence-corrected chi connectivity index (χ0v) is 25.5. The number of nitrogens with zero attached hydrogens (tertiary/aromatic N) is 5. The molecule has 0 aliphatic carbocycles. The maximum atomic E-state index is 13.8. The molecule has 3 atom stereocenters. The van der Waals surface area contributed by atoms with Crippen LogP contribution in [0, 0.1) is 0 Å². The molecule has 2 saturated heterocycles. The molecule has 5 rings (SSSR count). The van der Waals surface area contributed by atoms with Crippen LogP contribution in [0.4, 0.5) is 29.1 Å². The van der Waals surface area contributed by atoms with E-state index >= 15 is 0 Å². The number of alkyl halides is 3. The Labute approximate surface area is 257 Å². The number of aromatic nitrogens is 2. The van der Waals surface area contributed by atoms with E-state index in [4.69, 9.17) is 10.5 Å². The van der Waals surface area contributed by atoms with Gasteiger partial charge in [0.25, 0.3) is 11.3 Å². The van der Waals surface area contributed by atoms with Crippen LogP contribution >= 0.6 is 11.3 Å². The van der Waals surface area contributed by atoms with Crippen molar-refractivity contribution in [2.45, 2.75) is 64.1 Å². The highest BCUT2D eigenvalue weighted by Gasteiger charge is 2.45. The fourth-order valence-electron chi connectivity index (χ4n) is 5.46. The van der Waals surface area contributed by atoms with Gasteiger partial charge in [0.2, 0.25) is 5.91 Å². The maximum absolute atomic E-state index is 13.8. The fraction of sp³-hybridized carbons (Fsp3) is 0.481. The average molecular weight is 657 g/mol. The number of hydrogen-bond donors (Lipinski definition) is 2. The molecule has 0 saturated carbocycles. The molecule has 0 bridgehead atoms.